The fourth-order valence-electron chi connectivity index (χ4n) is 3.14. The molecule has 0 aromatic rings. The van der Waals surface area contributed by atoms with Crippen LogP contribution in [-0.2, 0) is 9.59 Å². The van der Waals surface area contributed by atoms with Gasteiger partial charge < -0.3 is 10.2 Å². The van der Waals surface area contributed by atoms with E-state index >= 15 is 0 Å². The van der Waals surface area contributed by atoms with Crippen LogP contribution in [0.5, 0.6) is 0 Å². The van der Waals surface area contributed by atoms with Gasteiger partial charge in [-0.15, -0.1) is 12.3 Å². The first-order chi connectivity index (χ1) is 9.41. The molecular formula is C16H24N2O2. The third-order valence-corrected chi connectivity index (χ3v) is 4.44. The Morgan fingerprint density at radius 2 is 2.10 bits per heavy atom. The fraction of sp³-hybridized carbons (Fsp3) is 0.750. The van der Waals surface area contributed by atoms with Crippen LogP contribution in [0, 0.1) is 24.2 Å². The highest BCUT2D eigenvalue weighted by Crippen LogP contribution is 2.42. The van der Waals surface area contributed by atoms with Crippen LogP contribution in [0.4, 0.5) is 0 Å². The van der Waals surface area contributed by atoms with Gasteiger partial charge in [-0.25, -0.2) is 0 Å². The van der Waals surface area contributed by atoms with E-state index in [0.717, 1.165) is 19.3 Å². The van der Waals surface area contributed by atoms with Crippen molar-refractivity contribution < 1.29 is 9.59 Å². The summed E-state index contributed by atoms with van der Waals surface area (Å²) in [4.78, 5) is 27.0. The molecular weight excluding hydrogens is 252 g/mol. The molecule has 4 nitrogen and oxygen atoms in total. The standard InChI is InChI=1S/C16H24N2O2/c1-5-6-7-10-18-13(11(2)3)14(19)17-16(4,15(18)20)12-8-9-12/h1,11-13H,6-10H2,2-4H3,(H,17,19). The first-order valence-electron chi connectivity index (χ1n) is 7.48. The topological polar surface area (TPSA) is 49.4 Å². The fourth-order valence-corrected chi connectivity index (χ4v) is 3.14. The van der Waals surface area contributed by atoms with Gasteiger partial charge in [0.1, 0.15) is 11.6 Å². The summed E-state index contributed by atoms with van der Waals surface area (Å²) in [6.07, 6.45) is 8.71. The van der Waals surface area contributed by atoms with Crippen LogP contribution in [0.25, 0.3) is 0 Å². The van der Waals surface area contributed by atoms with Gasteiger partial charge >= 0.3 is 0 Å². The van der Waals surface area contributed by atoms with E-state index < -0.39 is 5.54 Å². The minimum Gasteiger partial charge on any atom is -0.340 e. The normalized spacial score (nSPS) is 30.4. The number of unbranched alkanes of at least 4 members (excludes halogenated alkanes) is 1. The molecule has 0 spiro atoms. The van der Waals surface area contributed by atoms with Crippen LogP contribution in [0.15, 0.2) is 0 Å². The van der Waals surface area contributed by atoms with Crippen LogP contribution in [0.1, 0.15) is 46.5 Å². The summed E-state index contributed by atoms with van der Waals surface area (Å²) in [5, 5.41) is 2.99. The number of hydrogen-bond donors (Lipinski definition) is 1. The van der Waals surface area contributed by atoms with E-state index in [4.69, 9.17) is 6.42 Å². The molecule has 1 aliphatic heterocycles. The molecule has 0 radical (unpaired) electrons. The second-order valence-electron chi connectivity index (χ2n) is 6.46. The SMILES string of the molecule is C#CCCCN1C(=O)C(C)(C2CC2)NC(=O)C1C(C)C. The number of nitrogens with zero attached hydrogens (tertiary/aromatic N) is 1. The molecule has 2 rings (SSSR count). The number of piperazine rings is 1. The van der Waals surface area contributed by atoms with Crippen molar-refractivity contribution in [2.75, 3.05) is 6.54 Å². The number of rotatable bonds is 5. The minimum absolute atomic E-state index is 0.0188. The van der Waals surface area contributed by atoms with Gasteiger partial charge in [-0.3, -0.25) is 9.59 Å². The molecule has 2 amide bonds. The molecule has 2 aliphatic rings. The number of hydrogen-bond acceptors (Lipinski definition) is 2. The summed E-state index contributed by atoms with van der Waals surface area (Å²) >= 11 is 0. The summed E-state index contributed by atoms with van der Waals surface area (Å²) in [5.74, 6) is 3.04. The lowest BCUT2D eigenvalue weighted by Gasteiger charge is -2.46. The molecule has 1 heterocycles. The molecule has 2 fully saturated rings. The summed E-state index contributed by atoms with van der Waals surface area (Å²) in [6, 6.07) is -0.368. The number of carbonyl (C=O) groups is 2. The van der Waals surface area contributed by atoms with Gasteiger partial charge in [0.15, 0.2) is 0 Å². The van der Waals surface area contributed by atoms with Crippen molar-refractivity contribution >= 4 is 11.8 Å². The van der Waals surface area contributed by atoms with E-state index in [0.29, 0.717) is 18.9 Å². The zero-order chi connectivity index (χ0) is 14.9. The predicted molar refractivity (Wildman–Crippen MR) is 77.7 cm³/mol. The van der Waals surface area contributed by atoms with Gasteiger partial charge in [-0.2, -0.15) is 0 Å². The molecule has 2 unspecified atom stereocenters. The third-order valence-electron chi connectivity index (χ3n) is 4.44. The maximum Gasteiger partial charge on any atom is 0.249 e. The zero-order valence-corrected chi connectivity index (χ0v) is 12.6. The first kappa shape index (κ1) is 14.9. The Hall–Kier alpha value is -1.50. The van der Waals surface area contributed by atoms with Gasteiger partial charge in [0, 0.05) is 13.0 Å². The highest BCUT2D eigenvalue weighted by Gasteiger charge is 2.55. The molecule has 1 saturated heterocycles. The van der Waals surface area contributed by atoms with E-state index in [1.54, 1.807) is 4.90 Å². The van der Waals surface area contributed by atoms with Crippen LogP contribution in [-0.4, -0.2) is 34.8 Å². The maximum atomic E-state index is 12.8. The third kappa shape index (κ3) is 2.54. The van der Waals surface area contributed by atoms with Crippen molar-refractivity contribution in [3.63, 3.8) is 0 Å². The van der Waals surface area contributed by atoms with E-state index in [1.807, 2.05) is 20.8 Å². The second-order valence-corrected chi connectivity index (χ2v) is 6.46. The smallest absolute Gasteiger partial charge is 0.249 e. The lowest BCUT2D eigenvalue weighted by atomic mass is 9.86. The van der Waals surface area contributed by atoms with Crippen LogP contribution in [0.2, 0.25) is 0 Å². The van der Waals surface area contributed by atoms with E-state index in [2.05, 4.69) is 11.2 Å². The Bertz CT molecular complexity index is 448. The van der Waals surface area contributed by atoms with Crippen LogP contribution >= 0.6 is 0 Å². The predicted octanol–water partition coefficient (Wildman–Crippen LogP) is 1.55. The summed E-state index contributed by atoms with van der Waals surface area (Å²) in [6.45, 7) is 6.40. The van der Waals surface area contributed by atoms with Gasteiger partial charge in [-0.05, 0) is 38.0 Å². The van der Waals surface area contributed by atoms with Gasteiger partial charge in [0.05, 0.1) is 0 Å². The molecule has 4 heteroatoms. The highest BCUT2D eigenvalue weighted by molar-refractivity contribution is 6.00. The van der Waals surface area contributed by atoms with Crippen LogP contribution < -0.4 is 5.32 Å². The molecule has 1 N–H and O–H groups in total. The van der Waals surface area contributed by atoms with E-state index in [1.165, 1.54) is 0 Å². The second kappa shape index (κ2) is 5.47. The number of amides is 2. The molecule has 0 aromatic heterocycles. The number of terminal acetylenes is 1. The largest absolute Gasteiger partial charge is 0.340 e. The minimum atomic E-state index is -0.710. The average Bonchev–Trinajstić information content (AvgIpc) is 3.19. The Kier molecular flexibility index (Phi) is 4.08. The molecule has 20 heavy (non-hydrogen) atoms. The lowest BCUT2D eigenvalue weighted by molar-refractivity contribution is -0.157. The molecule has 110 valence electrons. The molecule has 0 aromatic carbocycles. The Morgan fingerprint density at radius 3 is 2.60 bits per heavy atom. The van der Waals surface area contributed by atoms with Gasteiger partial charge in [-0.1, -0.05) is 13.8 Å². The van der Waals surface area contributed by atoms with Crippen molar-refractivity contribution in [3.8, 4) is 12.3 Å². The van der Waals surface area contributed by atoms with E-state index in [-0.39, 0.29) is 23.8 Å². The molecule has 1 aliphatic carbocycles. The van der Waals surface area contributed by atoms with Gasteiger partial charge in [0.2, 0.25) is 11.8 Å². The quantitative estimate of drug-likeness (QED) is 0.612. The number of carbonyl (C=O) groups excluding carboxylic acids is 2. The average molecular weight is 276 g/mol. The first-order valence-corrected chi connectivity index (χ1v) is 7.48. The van der Waals surface area contributed by atoms with Crippen molar-refractivity contribution in [3.05, 3.63) is 0 Å². The zero-order valence-electron chi connectivity index (χ0n) is 12.6. The highest BCUT2D eigenvalue weighted by atomic mass is 16.2. The monoisotopic (exact) mass is 276 g/mol. The summed E-state index contributed by atoms with van der Waals surface area (Å²) in [5.41, 5.74) is -0.710. The summed E-state index contributed by atoms with van der Waals surface area (Å²) < 4.78 is 0. The van der Waals surface area contributed by atoms with Crippen LogP contribution in [0.3, 0.4) is 0 Å². The van der Waals surface area contributed by atoms with Crippen molar-refractivity contribution in [2.45, 2.75) is 58.0 Å². The summed E-state index contributed by atoms with van der Waals surface area (Å²) in [7, 11) is 0. The maximum absolute atomic E-state index is 12.8. The Labute approximate surface area is 121 Å². The van der Waals surface area contributed by atoms with E-state index in [9.17, 15) is 9.59 Å². The van der Waals surface area contributed by atoms with Crippen molar-refractivity contribution in [1.29, 1.82) is 0 Å². The Morgan fingerprint density at radius 1 is 1.45 bits per heavy atom. The molecule has 1 saturated carbocycles. The number of nitrogens with one attached hydrogen (secondary N) is 1. The van der Waals surface area contributed by atoms with Crippen molar-refractivity contribution in [1.82, 2.24) is 10.2 Å². The molecule has 0 bridgehead atoms. The Balaban J connectivity index is 2.21. The lowest BCUT2D eigenvalue weighted by Crippen LogP contribution is -2.71. The molecule has 2 atom stereocenters. The van der Waals surface area contributed by atoms with Gasteiger partial charge in [0.25, 0.3) is 0 Å². The van der Waals surface area contributed by atoms with Crippen molar-refractivity contribution in [2.24, 2.45) is 11.8 Å².